The first-order chi connectivity index (χ1) is 7.60. The molecule has 16 heavy (non-hydrogen) atoms. The molecule has 0 aliphatic heterocycles. The fraction of sp³-hybridized carbons (Fsp3) is 1.00. The summed E-state index contributed by atoms with van der Waals surface area (Å²) in [6.07, 6.45) is 6.98. The first-order valence-corrected chi connectivity index (χ1v) is 7.85. The Morgan fingerprint density at radius 2 is 1.81 bits per heavy atom. The van der Waals surface area contributed by atoms with Gasteiger partial charge >= 0.3 is 0 Å². The number of hydrogen-bond donors (Lipinski definition) is 2. The van der Waals surface area contributed by atoms with Crippen molar-refractivity contribution in [1.82, 2.24) is 5.32 Å². The lowest BCUT2D eigenvalue weighted by Gasteiger charge is -2.21. The molecule has 0 rings (SSSR count). The normalized spacial score (nSPS) is 15.4. The predicted molar refractivity (Wildman–Crippen MR) is 75.2 cm³/mol. The molecule has 3 heteroatoms. The lowest BCUT2D eigenvalue weighted by atomic mass is 10.0. The van der Waals surface area contributed by atoms with Gasteiger partial charge in [0.1, 0.15) is 0 Å². The molecule has 0 radical (unpaired) electrons. The summed E-state index contributed by atoms with van der Waals surface area (Å²) < 4.78 is 0. The minimum absolute atomic E-state index is 0.259. The number of aliphatic hydroxyl groups is 1. The molecule has 0 amide bonds. The van der Waals surface area contributed by atoms with Crippen LogP contribution in [0.3, 0.4) is 0 Å². The average Bonchev–Trinajstić information content (AvgIpc) is 2.23. The summed E-state index contributed by atoms with van der Waals surface area (Å²) in [6, 6.07) is 0.805. The number of thioether (sulfide) groups is 1. The third-order valence-electron chi connectivity index (χ3n) is 2.83. The zero-order valence-corrected chi connectivity index (χ0v) is 12.1. The van der Waals surface area contributed by atoms with Gasteiger partial charge in [-0.3, -0.25) is 0 Å². The Bertz CT molecular complexity index is 153. The fourth-order valence-corrected chi connectivity index (χ4v) is 2.33. The van der Waals surface area contributed by atoms with Crippen LogP contribution < -0.4 is 5.32 Å². The quantitative estimate of drug-likeness (QED) is 0.622. The van der Waals surface area contributed by atoms with Crippen molar-refractivity contribution in [2.75, 3.05) is 18.6 Å². The summed E-state index contributed by atoms with van der Waals surface area (Å²) in [4.78, 5) is 0. The molecule has 0 spiro atoms. The van der Waals surface area contributed by atoms with Crippen molar-refractivity contribution in [3.63, 3.8) is 0 Å². The lowest BCUT2D eigenvalue weighted by Crippen LogP contribution is -2.39. The van der Waals surface area contributed by atoms with E-state index >= 15 is 0 Å². The third kappa shape index (κ3) is 9.49. The second-order valence-corrected chi connectivity index (χ2v) is 6.04. The molecule has 0 fully saturated rings. The maximum absolute atomic E-state index is 9.24. The summed E-state index contributed by atoms with van der Waals surface area (Å²) in [5.74, 6) is 1.93. The van der Waals surface area contributed by atoms with Gasteiger partial charge in [0.25, 0.3) is 0 Å². The van der Waals surface area contributed by atoms with E-state index in [2.05, 4.69) is 32.3 Å². The van der Waals surface area contributed by atoms with E-state index in [1.165, 1.54) is 19.3 Å². The van der Waals surface area contributed by atoms with Crippen LogP contribution in [0.15, 0.2) is 0 Å². The van der Waals surface area contributed by atoms with Crippen molar-refractivity contribution in [2.45, 2.75) is 58.5 Å². The molecule has 0 heterocycles. The molecule has 0 bridgehead atoms. The van der Waals surface area contributed by atoms with Crippen molar-refractivity contribution in [3.05, 3.63) is 0 Å². The Kier molecular flexibility index (Phi) is 10.6. The van der Waals surface area contributed by atoms with Crippen LogP contribution in [0.2, 0.25) is 0 Å². The van der Waals surface area contributed by atoms with Crippen molar-refractivity contribution in [2.24, 2.45) is 5.92 Å². The zero-order chi connectivity index (χ0) is 12.4. The number of rotatable bonds is 10. The highest BCUT2D eigenvalue weighted by Crippen LogP contribution is 2.09. The van der Waals surface area contributed by atoms with Gasteiger partial charge in [-0.05, 0) is 37.7 Å². The van der Waals surface area contributed by atoms with Gasteiger partial charge in [-0.25, -0.2) is 0 Å². The molecule has 0 aromatic heterocycles. The van der Waals surface area contributed by atoms with Gasteiger partial charge in [0.15, 0.2) is 0 Å². The Hall–Kier alpha value is 0.270. The SMILES string of the molecule is CSCCC(CO)NC(C)CCCC(C)C. The molecule has 2 N–H and O–H groups in total. The second-order valence-electron chi connectivity index (χ2n) is 5.05. The van der Waals surface area contributed by atoms with Crippen LogP contribution in [0.5, 0.6) is 0 Å². The van der Waals surface area contributed by atoms with E-state index in [1.807, 2.05) is 11.8 Å². The third-order valence-corrected chi connectivity index (χ3v) is 3.47. The second kappa shape index (κ2) is 10.4. The van der Waals surface area contributed by atoms with Crippen molar-refractivity contribution < 1.29 is 5.11 Å². The summed E-state index contributed by atoms with van der Waals surface area (Å²) in [7, 11) is 0. The smallest absolute Gasteiger partial charge is 0.0585 e. The molecular formula is C13H29NOS. The molecule has 0 aromatic carbocycles. The Morgan fingerprint density at radius 1 is 1.12 bits per heavy atom. The maximum Gasteiger partial charge on any atom is 0.0585 e. The van der Waals surface area contributed by atoms with Crippen LogP contribution in [0.25, 0.3) is 0 Å². The lowest BCUT2D eigenvalue weighted by molar-refractivity contribution is 0.227. The number of hydrogen-bond acceptors (Lipinski definition) is 3. The van der Waals surface area contributed by atoms with Gasteiger partial charge < -0.3 is 10.4 Å². The molecule has 0 aromatic rings. The van der Waals surface area contributed by atoms with Crippen LogP contribution in [0.1, 0.15) is 46.5 Å². The topological polar surface area (TPSA) is 32.3 Å². The molecule has 2 nitrogen and oxygen atoms in total. The van der Waals surface area contributed by atoms with Crippen molar-refractivity contribution in [1.29, 1.82) is 0 Å². The van der Waals surface area contributed by atoms with Gasteiger partial charge in [-0.15, -0.1) is 0 Å². The first-order valence-electron chi connectivity index (χ1n) is 6.46. The molecule has 0 aliphatic rings. The highest BCUT2D eigenvalue weighted by atomic mass is 32.2. The highest BCUT2D eigenvalue weighted by Gasteiger charge is 2.10. The van der Waals surface area contributed by atoms with Crippen LogP contribution in [-0.4, -0.2) is 35.8 Å². The van der Waals surface area contributed by atoms with E-state index in [1.54, 1.807) is 0 Å². The standard InChI is InChI=1S/C13H29NOS/c1-11(2)6-5-7-12(3)14-13(10-15)8-9-16-4/h11-15H,5-10H2,1-4H3. The van der Waals surface area contributed by atoms with Crippen LogP contribution in [0.4, 0.5) is 0 Å². The molecule has 2 atom stereocenters. The first kappa shape index (κ1) is 16.3. The fourth-order valence-electron chi connectivity index (χ4n) is 1.81. The molecule has 2 unspecified atom stereocenters. The predicted octanol–water partition coefficient (Wildman–Crippen LogP) is 2.90. The van der Waals surface area contributed by atoms with E-state index < -0.39 is 0 Å². The minimum Gasteiger partial charge on any atom is -0.395 e. The van der Waals surface area contributed by atoms with E-state index in [0.717, 1.165) is 18.1 Å². The zero-order valence-electron chi connectivity index (χ0n) is 11.3. The summed E-state index contributed by atoms with van der Waals surface area (Å²) in [6.45, 7) is 7.03. The number of nitrogens with one attached hydrogen (secondary N) is 1. The van der Waals surface area contributed by atoms with Crippen LogP contribution in [-0.2, 0) is 0 Å². The highest BCUT2D eigenvalue weighted by molar-refractivity contribution is 7.98. The van der Waals surface area contributed by atoms with Crippen LogP contribution >= 0.6 is 11.8 Å². The molecule has 0 aliphatic carbocycles. The van der Waals surface area contributed by atoms with E-state index in [9.17, 15) is 5.11 Å². The van der Waals surface area contributed by atoms with E-state index in [4.69, 9.17) is 0 Å². The largest absolute Gasteiger partial charge is 0.395 e. The summed E-state index contributed by atoms with van der Waals surface area (Å²) in [5, 5.41) is 12.8. The van der Waals surface area contributed by atoms with Gasteiger partial charge in [0, 0.05) is 12.1 Å². The van der Waals surface area contributed by atoms with Gasteiger partial charge in [0.2, 0.25) is 0 Å². The van der Waals surface area contributed by atoms with Gasteiger partial charge in [-0.1, -0.05) is 26.7 Å². The average molecular weight is 247 g/mol. The van der Waals surface area contributed by atoms with Gasteiger partial charge in [0.05, 0.1) is 6.61 Å². The Labute approximate surface area is 106 Å². The molecule has 0 saturated carbocycles. The van der Waals surface area contributed by atoms with E-state index in [-0.39, 0.29) is 12.6 Å². The van der Waals surface area contributed by atoms with E-state index in [0.29, 0.717) is 6.04 Å². The van der Waals surface area contributed by atoms with Crippen molar-refractivity contribution in [3.8, 4) is 0 Å². The Morgan fingerprint density at radius 3 is 2.31 bits per heavy atom. The van der Waals surface area contributed by atoms with Crippen LogP contribution in [0, 0.1) is 5.92 Å². The number of aliphatic hydroxyl groups excluding tert-OH is 1. The summed E-state index contributed by atoms with van der Waals surface area (Å²) >= 11 is 1.84. The molecular weight excluding hydrogens is 218 g/mol. The van der Waals surface area contributed by atoms with Gasteiger partial charge in [-0.2, -0.15) is 11.8 Å². The monoisotopic (exact) mass is 247 g/mol. The Balaban J connectivity index is 3.60. The maximum atomic E-state index is 9.24. The summed E-state index contributed by atoms with van der Waals surface area (Å²) in [5.41, 5.74) is 0. The molecule has 98 valence electrons. The molecule has 0 saturated heterocycles. The van der Waals surface area contributed by atoms with Crippen molar-refractivity contribution >= 4 is 11.8 Å². The minimum atomic E-state index is 0.259.